The van der Waals surface area contributed by atoms with Crippen molar-refractivity contribution in [2.75, 3.05) is 0 Å². The summed E-state index contributed by atoms with van der Waals surface area (Å²) in [5, 5.41) is 3.15. The van der Waals surface area contributed by atoms with Crippen LogP contribution in [0.2, 0.25) is 0 Å². The van der Waals surface area contributed by atoms with Gasteiger partial charge in [0.1, 0.15) is 0 Å². The minimum atomic E-state index is -4.30. The summed E-state index contributed by atoms with van der Waals surface area (Å²) in [5.41, 5.74) is 0.189. The van der Waals surface area contributed by atoms with Crippen LogP contribution in [0.4, 0.5) is 13.2 Å². The van der Waals surface area contributed by atoms with Gasteiger partial charge >= 0.3 is 6.18 Å². The molecule has 0 radical (unpaired) electrons. The topological polar surface area (TPSA) is 12.0 Å². The largest absolute Gasteiger partial charge is 0.417 e. The second kappa shape index (κ2) is 5.19. The first kappa shape index (κ1) is 13.5. The van der Waals surface area contributed by atoms with Crippen molar-refractivity contribution in [3.05, 3.63) is 33.8 Å². The van der Waals surface area contributed by atoms with E-state index in [9.17, 15) is 13.2 Å². The van der Waals surface area contributed by atoms with Crippen LogP contribution < -0.4 is 5.32 Å². The van der Waals surface area contributed by atoms with Crippen LogP contribution in [0.1, 0.15) is 25.0 Å². The summed E-state index contributed by atoms with van der Waals surface area (Å²) >= 11 is 2.94. The number of rotatable bonds is 3. The van der Waals surface area contributed by atoms with E-state index in [4.69, 9.17) is 0 Å². The molecule has 0 spiro atoms. The Morgan fingerprint density at radius 3 is 2.38 bits per heavy atom. The van der Waals surface area contributed by atoms with Gasteiger partial charge in [-0.15, -0.1) is 0 Å². The average molecular weight is 296 g/mol. The van der Waals surface area contributed by atoms with Crippen LogP contribution in [0.3, 0.4) is 0 Å². The van der Waals surface area contributed by atoms with Gasteiger partial charge < -0.3 is 5.32 Å². The van der Waals surface area contributed by atoms with Crippen LogP contribution in [-0.2, 0) is 12.7 Å². The maximum absolute atomic E-state index is 12.4. The molecule has 0 aliphatic rings. The summed E-state index contributed by atoms with van der Waals surface area (Å²) in [7, 11) is 0. The molecule has 1 rings (SSSR count). The van der Waals surface area contributed by atoms with Crippen molar-refractivity contribution in [1.82, 2.24) is 5.32 Å². The molecule has 1 aromatic carbocycles. The normalized spacial score (nSPS) is 12.2. The molecule has 0 aliphatic heterocycles. The summed E-state index contributed by atoms with van der Waals surface area (Å²) in [4.78, 5) is 0. The minimum absolute atomic E-state index is 0.0862. The van der Waals surface area contributed by atoms with Crippen LogP contribution >= 0.6 is 15.9 Å². The van der Waals surface area contributed by atoms with Gasteiger partial charge in [0.25, 0.3) is 0 Å². The highest BCUT2D eigenvalue weighted by Crippen LogP contribution is 2.35. The van der Waals surface area contributed by atoms with E-state index in [1.807, 2.05) is 13.8 Å². The lowest BCUT2D eigenvalue weighted by Gasteiger charge is -2.12. The molecule has 0 amide bonds. The molecule has 90 valence electrons. The quantitative estimate of drug-likeness (QED) is 0.890. The number of nitrogens with one attached hydrogen (secondary N) is 1. The molecule has 16 heavy (non-hydrogen) atoms. The van der Waals surface area contributed by atoms with Crippen molar-refractivity contribution in [1.29, 1.82) is 0 Å². The Balaban J connectivity index is 2.83. The molecule has 0 bridgehead atoms. The number of halogens is 4. The molecular formula is C11H13BrF3N. The van der Waals surface area contributed by atoms with Crippen LogP contribution in [-0.4, -0.2) is 6.04 Å². The zero-order chi connectivity index (χ0) is 12.3. The minimum Gasteiger partial charge on any atom is -0.310 e. The fourth-order valence-corrected chi connectivity index (χ4v) is 1.87. The SMILES string of the molecule is CC(C)NCc1ccc(C(F)(F)F)c(Br)c1. The third kappa shape index (κ3) is 3.79. The molecule has 1 aromatic rings. The van der Waals surface area contributed by atoms with Crippen LogP contribution in [0.15, 0.2) is 22.7 Å². The van der Waals surface area contributed by atoms with E-state index in [0.717, 1.165) is 11.6 Å². The van der Waals surface area contributed by atoms with Gasteiger partial charge in [0.05, 0.1) is 5.56 Å². The first-order valence-corrected chi connectivity index (χ1v) is 5.69. The maximum Gasteiger partial charge on any atom is 0.417 e. The van der Waals surface area contributed by atoms with Crippen LogP contribution in [0.5, 0.6) is 0 Å². The summed E-state index contributed by atoms with van der Waals surface area (Å²) in [6.45, 7) is 4.53. The van der Waals surface area contributed by atoms with Gasteiger partial charge in [0, 0.05) is 17.1 Å². The predicted octanol–water partition coefficient (Wildman–Crippen LogP) is 3.97. The molecule has 0 saturated carbocycles. The molecular weight excluding hydrogens is 283 g/mol. The highest BCUT2D eigenvalue weighted by molar-refractivity contribution is 9.10. The summed E-state index contributed by atoms with van der Waals surface area (Å²) in [6, 6.07) is 4.39. The van der Waals surface area contributed by atoms with E-state index in [0.29, 0.717) is 12.6 Å². The molecule has 1 N–H and O–H groups in total. The highest BCUT2D eigenvalue weighted by atomic mass is 79.9. The molecule has 0 aliphatic carbocycles. The predicted molar refractivity (Wildman–Crippen MR) is 61.1 cm³/mol. The van der Waals surface area contributed by atoms with Crippen molar-refractivity contribution in [3.8, 4) is 0 Å². The zero-order valence-electron chi connectivity index (χ0n) is 9.03. The second-order valence-electron chi connectivity index (χ2n) is 3.85. The van der Waals surface area contributed by atoms with E-state index in [-0.39, 0.29) is 4.47 Å². The summed E-state index contributed by atoms with van der Waals surface area (Å²) in [6.07, 6.45) is -4.30. The van der Waals surface area contributed by atoms with E-state index in [1.165, 1.54) is 12.1 Å². The van der Waals surface area contributed by atoms with Gasteiger partial charge in [0.15, 0.2) is 0 Å². The molecule has 0 saturated heterocycles. The number of alkyl halides is 3. The second-order valence-corrected chi connectivity index (χ2v) is 4.70. The molecule has 0 fully saturated rings. The van der Waals surface area contributed by atoms with E-state index >= 15 is 0 Å². The number of benzene rings is 1. The van der Waals surface area contributed by atoms with Crippen molar-refractivity contribution in [3.63, 3.8) is 0 Å². The van der Waals surface area contributed by atoms with E-state index < -0.39 is 11.7 Å². The fourth-order valence-electron chi connectivity index (χ4n) is 1.22. The lowest BCUT2D eigenvalue weighted by Crippen LogP contribution is -2.21. The van der Waals surface area contributed by atoms with Crippen LogP contribution in [0.25, 0.3) is 0 Å². The number of hydrogen-bond donors (Lipinski definition) is 1. The first-order chi connectivity index (χ1) is 7.30. The lowest BCUT2D eigenvalue weighted by molar-refractivity contribution is -0.138. The van der Waals surface area contributed by atoms with Crippen LogP contribution in [0, 0.1) is 0 Å². The van der Waals surface area contributed by atoms with Gasteiger partial charge in [0.2, 0.25) is 0 Å². The Bertz CT molecular complexity index is 361. The lowest BCUT2D eigenvalue weighted by atomic mass is 10.1. The standard InChI is InChI=1S/C11H13BrF3N/c1-7(2)16-6-8-3-4-9(10(12)5-8)11(13,14)15/h3-5,7,16H,6H2,1-2H3. The average Bonchev–Trinajstić information content (AvgIpc) is 2.12. The van der Waals surface area contributed by atoms with Gasteiger partial charge in [-0.05, 0) is 17.7 Å². The fraction of sp³-hybridized carbons (Fsp3) is 0.455. The number of hydrogen-bond acceptors (Lipinski definition) is 1. The molecule has 0 atom stereocenters. The Morgan fingerprint density at radius 1 is 1.31 bits per heavy atom. The summed E-state index contributed by atoms with van der Waals surface area (Å²) < 4.78 is 37.4. The monoisotopic (exact) mass is 295 g/mol. The van der Waals surface area contributed by atoms with Gasteiger partial charge in [-0.2, -0.15) is 13.2 Å². The maximum atomic E-state index is 12.4. The Labute approximate surface area is 101 Å². The molecule has 5 heteroatoms. The molecule has 0 unspecified atom stereocenters. The van der Waals surface area contributed by atoms with Crippen molar-refractivity contribution in [2.45, 2.75) is 32.6 Å². The molecule has 0 heterocycles. The Morgan fingerprint density at radius 2 is 1.94 bits per heavy atom. The van der Waals surface area contributed by atoms with Gasteiger partial charge in [-0.3, -0.25) is 0 Å². The van der Waals surface area contributed by atoms with Gasteiger partial charge in [-0.25, -0.2) is 0 Å². The molecule has 0 aromatic heterocycles. The first-order valence-electron chi connectivity index (χ1n) is 4.89. The third-order valence-electron chi connectivity index (χ3n) is 2.05. The van der Waals surface area contributed by atoms with Crippen molar-refractivity contribution >= 4 is 15.9 Å². The Kier molecular flexibility index (Phi) is 4.38. The zero-order valence-corrected chi connectivity index (χ0v) is 10.6. The van der Waals surface area contributed by atoms with E-state index in [1.54, 1.807) is 0 Å². The summed E-state index contributed by atoms with van der Waals surface area (Å²) in [5.74, 6) is 0. The smallest absolute Gasteiger partial charge is 0.310 e. The van der Waals surface area contributed by atoms with Gasteiger partial charge in [-0.1, -0.05) is 35.8 Å². The Hall–Kier alpha value is -0.550. The molecule has 1 nitrogen and oxygen atoms in total. The third-order valence-corrected chi connectivity index (χ3v) is 2.71. The van der Waals surface area contributed by atoms with Crippen molar-refractivity contribution < 1.29 is 13.2 Å². The van der Waals surface area contributed by atoms with Crippen molar-refractivity contribution in [2.24, 2.45) is 0 Å². The van der Waals surface area contributed by atoms with E-state index in [2.05, 4.69) is 21.2 Å². The highest BCUT2D eigenvalue weighted by Gasteiger charge is 2.32.